The van der Waals surface area contributed by atoms with Crippen LogP contribution in [-0.2, 0) is 4.74 Å². The van der Waals surface area contributed by atoms with Crippen LogP contribution >= 0.6 is 0 Å². The van der Waals surface area contributed by atoms with Gasteiger partial charge in [0.2, 0.25) is 0 Å². The summed E-state index contributed by atoms with van der Waals surface area (Å²) < 4.78 is 5.78. The first-order chi connectivity index (χ1) is 6.56. The van der Waals surface area contributed by atoms with Crippen LogP contribution in [0.3, 0.4) is 0 Å². The number of hydrogen-bond acceptors (Lipinski definition) is 1. The molecular weight excluding hydrogens is 172 g/mol. The van der Waals surface area contributed by atoms with E-state index in [9.17, 15) is 0 Å². The lowest BCUT2D eigenvalue weighted by Gasteiger charge is -2.34. The van der Waals surface area contributed by atoms with Gasteiger partial charge in [0.05, 0.1) is 13.2 Å². The molecule has 0 aromatic heterocycles. The molecule has 14 heavy (non-hydrogen) atoms. The highest BCUT2D eigenvalue weighted by Crippen LogP contribution is 2.89. The molecule has 1 heterocycles. The second-order valence-electron chi connectivity index (χ2n) is 6.55. The van der Waals surface area contributed by atoms with Gasteiger partial charge >= 0.3 is 0 Å². The normalized spacial score (nSPS) is 65.5. The SMILES string of the molecule is CC1(C)C2C=CC3C2(C)C32COCC12. The molecule has 0 aromatic rings. The van der Waals surface area contributed by atoms with E-state index >= 15 is 0 Å². The van der Waals surface area contributed by atoms with Crippen LogP contribution in [0.2, 0.25) is 0 Å². The van der Waals surface area contributed by atoms with Crippen LogP contribution in [0.25, 0.3) is 0 Å². The Morgan fingerprint density at radius 3 is 2.64 bits per heavy atom. The zero-order chi connectivity index (χ0) is 9.77. The summed E-state index contributed by atoms with van der Waals surface area (Å²) in [5.41, 5.74) is 1.59. The molecule has 3 aliphatic carbocycles. The molecule has 0 radical (unpaired) electrons. The summed E-state index contributed by atoms with van der Waals surface area (Å²) in [6, 6.07) is 0. The Morgan fingerprint density at radius 2 is 1.86 bits per heavy atom. The van der Waals surface area contributed by atoms with E-state index in [1.165, 1.54) is 0 Å². The van der Waals surface area contributed by atoms with E-state index in [1.54, 1.807) is 0 Å². The Kier molecular flexibility index (Phi) is 0.979. The molecule has 4 rings (SSSR count). The highest BCUT2D eigenvalue weighted by molar-refractivity contribution is 5.43. The van der Waals surface area contributed by atoms with Gasteiger partial charge in [0.15, 0.2) is 0 Å². The summed E-state index contributed by atoms with van der Waals surface area (Å²) in [6.45, 7) is 9.44. The summed E-state index contributed by atoms with van der Waals surface area (Å²) in [5, 5.41) is 0. The number of rotatable bonds is 0. The Balaban J connectivity index is 1.97. The van der Waals surface area contributed by atoms with E-state index in [0.29, 0.717) is 16.2 Å². The molecule has 1 nitrogen and oxygen atoms in total. The highest BCUT2D eigenvalue weighted by Gasteiger charge is 2.88. The Bertz CT molecular complexity index is 356. The van der Waals surface area contributed by atoms with Gasteiger partial charge < -0.3 is 4.74 Å². The van der Waals surface area contributed by atoms with Crippen molar-refractivity contribution in [2.24, 2.45) is 34.0 Å². The van der Waals surface area contributed by atoms with Gasteiger partial charge in [0, 0.05) is 5.41 Å². The molecule has 5 atom stereocenters. The third kappa shape index (κ3) is 0.448. The molecule has 0 bridgehead atoms. The van der Waals surface area contributed by atoms with Gasteiger partial charge in [-0.2, -0.15) is 0 Å². The zero-order valence-electron chi connectivity index (χ0n) is 9.21. The second-order valence-corrected chi connectivity index (χ2v) is 6.55. The smallest absolute Gasteiger partial charge is 0.0537 e. The molecule has 4 aliphatic rings. The van der Waals surface area contributed by atoms with Crippen molar-refractivity contribution >= 4 is 0 Å². The summed E-state index contributed by atoms with van der Waals surface area (Å²) >= 11 is 0. The van der Waals surface area contributed by atoms with Gasteiger partial charge in [0.1, 0.15) is 0 Å². The summed E-state index contributed by atoms with van der Waals surface area (Å²) in [5.74, 6) is 2.47. The zero-order valence-corrected chi connectivity index (χ0v) is 9.21. The van der Waals surface area contributed by atoms with Crippen LogP contribution in [-0.4, -0.2) is 13.2 Å². The minimum Gasteiger partial charge on any atom is -0.380 e. The van der Waals surface area contributed by atoms with Gasteiger partial charge in [0.25, 0.3) is 0 Å². The van der Waals surface area contributed by atoms with Crippen molar-refractivity contribution in [3.63, 3.8) is 0 Å². The molecule has 2 saturated carbocycles. The number of ether oxygens (including phenoxy) is 1. The lowest BCUT2D eigenvalue weighted by atomic mass is 9.70. The molecule has 1 heteroatoms. The van der Waals surface area contributed by atoms with Crippen molar-refractivity contribution in [3.8, 4) is 0 Å². The van der Waals surface area contributed by atoms with E-state index in [-0.39, 0.29) is 0 Å². The highest BCUT2D eigenvalue weighted by atomic mass is 16.5. The molecule has 0 amide bonds. The van der Waals surface area contributed by atoms with Gasteiger partial charge in [-0.05, 0) is 28.6 Å². The molecular formula is C13H18O. The predicted octanol–water partition coefficient (Wildman–Crippen LogP) is 2.48. The van der Waals surface area contributed by atoms with Crippen molar-refractivity contribution in [2.75, 3.05) is 13.2 Å². The fraction of sp³-hybridized carbons (Fsp3) is 0.846. The van der Waals surface area contributed by atoms with Crippen molar-refractivity contribution in [1.82, 2.24) is 0 Å². The Hall–Kier alpha value is -0.300. The second kappa shape index (κ2) is 1.73. The fourth-order valence-electron chi connectivity index (χ4n) is 5.61. The lowest BCUT2D eigenvalue weighted by molar-refractivity contribution is 0.106. The third-order valence-corrected chi connectivity index (χ3v) is 6.21. The minimum absolute atomic E-state index is 0.467. The standard InChI is InChI=1S/C13H18O/c1-11(2)8-4-5-9-12(8,3)13(9)7-14-6-10(11)13/h4-5,8-10H,6-7H2,1-3H3. The van der Waals surface area contributed by atoms with E-state index in [4.69, 9.17) is 4.74 Å². The van der Waals surface area contributed by atoms with Crippen LogP contribution in [0.5, 0.6) is 0 Å². The fourth-order valence-corrected chi connectivity index (χ4v) is 5.61. The molecule has 1 saturated heterocycles. The number of hydrogen-bond donors (Lipinski definition) is 0. The van der Waals surface area contributed by atoms with Gasteiger partial charge in [-0.15, -0.1) is 0 Å². The molecule has 1 spiro atoms. The first kappa shape index (κ1) is 7.92. The predicted molar refractivity (Wildman–Crippen MR) is 54.8 cm³/mol. The molecule has 5 unspecified atom stereocenters. The van der Waals surface area contributed by atoms with Crippen LogP contribution in [0.4, 0.5) is 0 Å². The molecule has 0 N–H and O–H groups in total. The van der Waals surface area contributed by atoms with Gasteiger partial charge in [-0.3, -0.25) is 0 Å². The van der Waals surface area contributed by atoms with Gasteiger partial charge in [-0.1, -0.05) is 32.9 Å². The lowest BCUT2D eigenvalue weighted by Crippen LogP contribution is -2.31. The molecule has 3 fully saturated rings. The van der Waals surface area contributed by atoms with Crippen molar-refractivity contribution in [3.05, 3.63) is 12.2 Å². The van der Waals surface area contributed by atoms with E-state index in [2.05, 4.69) is 32.9 Å². The Labute approximate surface area is 85.5 Å². The first-order valence-corrected chi connectivity index (χ1v) is 5.82. The maximum absolute atomic E-state index is 5.78. The van der Waals surface area contributed by atoms with Crippen LogP contribution < -0.4 is 0 Å². The van der Waals surface area contributed by atoms with Crippen LogP contribution in [0, 0.1) is 34.0 Å². The molecule has 76 valence electrons. The van der Waals surface area contributed by atoms with Crippen molar-refractivity contribution in [2.45, 2.75) is 20.8 Å². The molecule has 0 aromatic carbocycles. The van der Waals surface area contributed by atoms with Crippen molar-refractivity contribution in [1.29, 1.82) is 0 Å². The average molecular weight is 190 g/mol. The maximum Gasteiger partial charge on any atom is 0.0537 e. The van der Waals surface area contributed by atoms with Crippen LogP contribution in [0.1, 0.15) is 20.8 Å². The minimum atomic E-state index is 0.467. The number of allylic oxidation sites excluding steroid dienone is 2. The topological polar surface area (TPSA) is 9.23 Å². The summed E-state index contributed by atoms with van der Waals surface area (Å²) in [6.07, 6.45) is 4.98. The maximum atomic E-state index is 5.78. The van der Waals surface area contributed by atoms with Crippen LogP contribution in [0.15, 0.2) is 12.2 Å². The Morgan fingerprint density at radius 1 is 1.14 bits per heavy atom. The largest absolute Gasteiger partial charge is 0.380 e. The van der Waals surface area contributed by atoms with E-state index < -0.39 is 0 Å². The summed E-state index contributed by atoms with van der Waals surface area (Å²) in [7, 11) is 0. The van der Waals surface area contributed by atoms with Gasteiger partial charge in [-0.25, -0.2) is 0 Å². The quantitative estimate of drug-likeness (QED) is 0.533. The van der Waals surface area contributed by atoms with E-state index in [1.807, 2.05) is 0 Å². The van der Waals surface area contributed by atoms with E-state index in [0.717, 1.165) is 31.0 Å². The summed E-state index contributed by atoms with van der Waals surface area (Å²) in [4.78, 5) is 0. The monoisotopic (exact) mass is 190 g/mol. The first-order valence-electron chi connectivity index (χ1n) is 5.82. The van der Waals surface area contributed by atoms with Crippen molar-refractivity contribution < 1.29 is 4.74 Å². The third-order valence-electron chi connectivity index (χ3n) is 6.21. The molecule has 1 aliphatic heterocycles. The average Bonchev–Trinajstić information content (AvgIpc) is 2.54.